The summed E-state index contributed by atoms with van der Waals surface area (Å²) < 4.78 is 53.6. The molecule has 0 saturated carbocycles. The van der Waals surface area contributed by atoms with Crippen LogP contribution in [0.3, 0.4) is 0 Å². The van der Waals surface area contributed by atoms with Crippen LogP contribution in [0.25, 0.3) is 33.3 Å². The normalized spacial score (nSPS) is 19.1. The standard InChI is InChI=1S/C37H35F2N6O6P/c1-42-16-21-9-10-45(30(21)18-42)34-25(22-11-24-35(46)26(37(47)48)17-43(2)36(24)41-14-22)15-40-28-12-23-29(13-27(38)33(39)31(23)32(28)34)44(3)52(49,50)51-19-20-7-5-4-6-8-20/h4-8,11,13-15,17,21,30H,9-10,12,16,18-19H2,1-3H3,(H,47,48)(H,49,50)/t21-,30+/m1/s1. The zero-order chi connectivity index (χ0) is 36.6. The molecule has 2 fully saturated rings. The van der Waals surface area contributed by atoms with Crippen molar-refractivity contribution >= 4 is 36.1 Å². The van der Waals surface area contributed by atoms with Gasteiger partial charge in [-0.25, -0.2) is 23.1 Å². The van der Waals surface area contributed by atoms with Crippen LogP contribution >= 0.6 is 7.75 Å². The molecule has 5 aromatic rings. The average molecular weight is 729 g/mol. The molecule has 0 radical (unpaired) electrons. The van der Waals surface area contributed by atoms with E-state index in [1.807, 2.05) is 13.1 Å². The van der Waals surface area contributed by atoms with Crippen molar-refractivity contribution in [2.24, 2.45) is 13.0 Å². The highest BCUT2D eigenvalue weighted by atomic mass is 31.2. The Hall–Kier alpha value is -5.01. The van der Waals surface area contributed by atoms with Crippen LogP contribution in [0.1, 0.15) is 33.6 Å². The molecule has 2 aliphatic heterocycles. The number of hydrogen-bond donors (Lipinski definition) is 2. The number of benzene rings is 2. The Morgan fingerprint density at radius 2 is 1.87 bits per heavy atom. The summed E-state index contributed by atoms with van der Waals surface area (Å²) in [6.45, 7) is 2.05. The fourth-order valence-corrected chi connectivity index (χ4v) is 9.00. The monoisotopic (exact) mass is 728 g/mol. The van der Waals surface area contributed by atoms with E-state index in [2.05, 4.69) is 14.8 Å². The van der Waals surface area contributed by atoms with E-state index in [1.165, 1.54) is 17.8 Å². The van der Waals surface area contributed by atoms with Gasteiger partial charge in [-0.3, -0.25) is 19.0 Å². The number of halogens is 2. The van der Waals surface area contributed by atoms with E-state index in [4.69, 9.17) is 9.51 Å². The fourth-order valence-electron chi connectivity index (χ4n) is 8.06. The van der Waals surface area contributed by atoms with Gasteiger partial charge in [0.15, 0.2) is 11.6 Å². The van der Waals surface area contributed by atoms with E-state index in [0.717, 1.165) is 30.2 Å². The smallest absolute Gasteiger partial charge is 0.432 e. The first kappa shape index (κ1) is 34.1. The molecule has 8 rings (SSSR count). The van der Waals surface area contributed by atoms with Gasteiger partial charge in [0.2, 0.25) is 5.43 Å². The highest BCUT2D eigenvalue weighted by Crippen LogP contribution is 2.56. The Morgan fingerprint density at radius 1 is 1.10 bits per heavy atom. The van der Waals surface area contributed by atoms with Gasteiger partial charge in [-0.05, 0) is 36.6 Å². The summed E-state index contributed by atoms with van der Waals surface area (Å²) in [4.78, 5) is 50.1. The van der Waals surface area contributed by atoms with Crippen LogP contribution in [-0.2, 0) is 29.2 Å². The predicted molar refractivity (Wildman–Crippen MR) is 192 cm³/mol. The van der Waals surface area contributed by atoms with Crippen LogP contribution < -0.4 is 15.0 Å². The van der Waals surface area contributed by atoms with E-state index in [9.17, 15) is 24.2 Å². The van der Waals surface area contributed by atoms with Gasteiger partial charge >= 0.3 is 13.7 Å². The van der Waals surface area contributed by atoms with Gasteiger partial charge in [0.05, 0.1) is 29.1 Å². The van der Waals surface area contributed by atoms with Crippen molar-refractivity contribution in [3.8, 4) is 22.3 Å². The summed E-state index contributed by atoms with van der Waals surface area (Å²) >= 11 is 0. The molecule has 5 heterocycles. The molecule has 52 heavy (non-hydrogen) atoms. The highest BCUT2D eigenvalue weighted by molar-refractivity contribution is 7.54. The molecule has 2 aromatic carbocycles. The average Bonchev–Trinajstić information content (AvgIpc) is 3.82. The Bertz CT molecular complexity index is 2410. The van der Waals surface area contributed by atoms with E-state index < -0.39 is 36.3 Å². The molecule has 1 unspecified atom stereocenters. The number of nitrogens with zero attached hydrogens (tertiary/aromatic N) is 6. The minimum absolute atomic E-state index is 0.00439. The minimum atomic E-state index is -4.56. The molecule has 2 N–H and O–H groups in total. The van der Waals surface area contributed by atoms with Crippen molar-refractivity contribution in [1.29, 1.82) is 0 Å². The van der Waals surface area contributed by atoms with Crippen molar-refractivity contribution in [3.63, 3.8) is 0 Å². The van der Waals surface area contributed by atoms with Crippen LogP contribution in [0.5, 0.6) is 0 Å². The SMILES string of the molecule is CN1C[C@H]2CCN(c3c(-c4cnc5c(c4)c(=O)c(C(=O)O)cn5C)cnc4c3-c3c(F)c(F)cc(N(C)P(=O)(O)OCc5ccccc5)c3C4)[C@H]2C1. The first-order valence-corrected chi connectivity index (χ1v) is 18.3. The molecular formula is C37H35F2N6O6P. The molecule has 3 aliphatic rings. The number of aromatic carboxylic acids is 1. The Kier molecular flexibility index (Phi) is 8.25. The van der Waals surface area contributed by atoms with E-state index >= 15 is 8.78 Å². The third kappa shape index (κ3) is 5.48. The molecule has 1 aliphatic carbocycles. The van der Waals surface area contributed by atoms with Crippen LogP contribution in [-0.4, -0.2) is 75.2 Å². The zero-order valence-corrected chi connectivity index (χ0v) is 29.5. The molecule has 3 aromatic heterocycles. The van der Waals surface area contributed by atoms with Gasteiger partial charge in [-0.2, -0.15) is 0 Å². The molecule has 268 valence electrons. The lowest BCUT2D eigenvalue weighted by atomic mass is 9.96. The number of pyridine rings is 3. The van der Waals surface area contributed by atoms with Crippen molar-refractivity contribution in [1.82, 2.24) is 19.4 Å². The number of carboxylic acids is 1. The van der Waals surface area contributed by atoms with Gasteiger partial charge in [0.25, 0.3) is 0 Å². The molecule has 0 amide bonds. The summed E-state index contributed by atoms with van der Waals surface area (Å²) in [5.74, 6) is -3.36. The number of fused-ring (bicyclic) bond motifs is 5. The van der Waals surface area contributed by atoms with Crippen LogP contribution in [0.2, 0.25) is 0 Å². The number of rotatable bonds is 8. The zero-order valence-electron chi connectivity index (χ0n) is 28.6. The minimum Gasteiger partial charge on any atom is -0.477 e. The van der Waals surface area contributed by atoms with Crippen LogP contribution in [0, 0.1) is 17.6 Å². The summed E-state index contributed by atoms with van der Waals surface area (Å²) in [7, 11) is 0.392. The van der Waals surface area contributed by atoms with Gasteiger partial charge < -0.3 is 24.4 Å². The molecular weight excluding hydrogens is 693 g/mol. The van der Waals surface area contributed by atoms with E-state index in [-0.39, 0.29) is 46.9 Å². The predicted octanol–water partition coefficient (Wildman–Crippen LogP) is 5.44. The highest BCUT2D eigenvalue weighted by Gasteiger charge is 2.44. The van der Waals surface area contributed by atoms with Crippen LogP contribution in [0.15, 0.2) is 65.8 Å². The third-order valence-corrected chi connectivity index (χ3v) is 12.0. The Morgan fingerprint density at radius 3 is 2.62 bits per heavy atom. The number of hydrogen-bond acceptors (Lipinski definition) is 8. The topological polar surface area (TPSA) is 141 Å². The summed E-state index contributed by atoms with van der Waals surface area (Å²) in [5, 5.41) is 9.79. The quantitative estimate of drug-likeness (QED) is 0.194. The molecule has 3 atom stereocenters. The molecule has 2 saturated heterocycles. The van der Waals surface area contributed by atoms with Gasteiger partial charge in [-0.1, -0.05) is 30.3 Å². The molecule has 0 spiro atoms. The lowest BCUT2D eigenvalue weighted by Gasteiger charge is -2.31. The first-order chi connectivity index (χ1) is 24.8. The number of anilines is 2. The number of carboxylic acid groups (broad SMARTS) is 1. The van der Waals surface area contributed by atoms with Gasteiger partial charge in [-0.15, -0.1) is 0 Å². The Balaban J connectivity index is 1.31. The molecule has 12 nitrogen and oxygen atoms in total. The fraction of sp³-hybridized carbons (Fsp3) is 0.297. The number of likely N-dealkylation sites (N-methyl/N-ethyl adjacent to an activating group) is 1. The summed E-state index contributed by atoms with van der Waals surface area (Å²) in [6, 6.07) is 11.4. The van der Waals surface area contributed by atoms with Crippen molar-refractivity contribution in [2.45, 2.75) is 25.5 Å². The summed E-state index contributed by atoms with van der Waals surface area (Å²) in [6.07, 6.45) is 5.32. The van der Waals surface area contributed by atoms with Crippen molar-refractivity contribution < 1.29 is 32.7 Å². The van der Waals surface area contributed by atoms with Crippen LogP contribution in [0.4, 0.5) is 20.2 Å². The summed E-state index contributed by atoms with van der Waals surface area (Å²) in [5.41, 5.74) is 2.43. The lowest BCUT2D eigenvalue weighted by Crippen LogP contribution is -2.35. The second-order valence-electron chi connectivity index (χ2n) is 13.8. The maximum Gasteiger partial charge on any atom is 0.432 e. The van der Waals surface area contributed by atoms with Crippen molar-refractivity contribution in [2.75, 3.05) is 43.3 Å². The number of carbonyl (C=O) groups is 1. The second kappa shape index (κ2) is 12.6. The maximum atomic E-state index is 16.3. The largest absolute Gasteiger partial charge is 0.477 e. The van der Waals surface area contributed by atoms with Gasteiger partial charge in [0.1, 0.15) is 11.2 Å². The maximum absolute atomic E-state index is 16.3. The number of aromatic nitrogens is 3. The third-order valence-electron chi connectivity index (χ3n) is 10.6. The Labute approximate surface area is 297 Å². The van der Waals surface area contributed by atoms with Crippen molar-refractivity contribution in [3.05, 3.63) is 105 Å². The van der Waals surface area contributed by atoms with E-state index in [1.54, 1.807) is 49.8 Å². The molecule has 0 bridgehead atoms. The van der Waals surface area contributed by atoms with E-state index in [0.29, 0.717) is 46.1 Å². The second-order valence-corrected chi connectivity index (χ2v) is 15.6. The number of likely N-dealkylation sites (tertiary alicyclic amines) is 1. The lowest BCUT2D eigenvalue weighted by molar-refractivity contribution is 0.0694. The van der Waals surface area contributed by atoms with Gasteiger partial charge in [0, 0.05) is 93.1 Å². The molecule has 15 heteroatoms. The first-order valence-electron chi connectivity index (χ1n) is 16.8. The number of aryl methyl sites for hydroxylation is 1.